The molecule has 0 radical (unpaired) electrons. The highest BCUT2D eigenvalue weighted by Gasteiger charge is 2.12. The molecule has 1 aromatic carbocycles. The zero-order valence-electron chi connectivity index (χ0n) is 11.9. The van der Waals surface area contributed by atoms with Crippen LogP contribution in [-0.2, 0) is 6.42 Å². The summed E-state index contributed by atoms with van der Waals surface area (Å²) in [5, 5.41) is 0. The molecule has 0 aliphatic carbocycles. The minimum absolute atomic E-state index is 0.214. The Labute approximate surface area is 115 Å². The lowest BCUT2D eigenvalue weighted by molar-refractivity contribution is 0.153. The topological polar surface area (TPSA) is 15.7 Å². The molecular weight excluding hydrogens is 243 g/mol. The van der Waals surface area contributed by atoms with Gasteiger partial charge in [-0.1, -0.05) is 0 Å². The molecular formula is C15H23FN2O. The van der Waals surface area contributed by atoms with Crippen LogP contribution in [0.5, 0.6) is 5.75 Å². The van der Waals surface area contributed by atoms with E-state index in [1.165, 1.54) is 6.07 Å². The van der Waals surface area contributed by atoms with Gasteiger partial charge in [0.15, 0.2) is 0 Å². The summed E-state index contributed by atoms with van der Waals surface area (Å²) in [6.07, 6.45) is 1.97. The molecule has 0 unspecified atom stereocenters. The molecule has 0 aromatic heterocycles. The third-order valence-electron chi connectivity index (χ3n) is 3.70. The summed E-state index contributed by atoms with van der Waals surface area (Å²) in [5.41, 5.74) is 1.02. The van der Waals surface area contributed by atoms with E-state index in [1.54, 1.807) is 13.2 Å². The van der Waals surface area contributed by atoms with Crippen molar-refractivity contribution in [3.05, 3.63) is 29.6 Å². The first-order valence-electron chi connectivity index (χ1n) is 6.92. The Morgan fingerprint density at radius 1 is 1.16 bits per heavy atom. The van der Waals surface area contributed by atoms with Gasteiger partial charge in [-0.25, -0.2) is 4.39 Å². The molecule has 0 atom stereocenters. The van der Waals surface area contributed by atoms with Crippen LogP contribution < -0.4 is 4.74 Å². The van der Waals surface area contributed by atoms with Gasteiger partial charge in [0.1, 0.15) is 11.6 Å². The first-order valence-corrected chi connectivity index (χ1v) is 6.92. The zero-order chi connectivity index (χ0) is 13.7. The highest BCUT2D eigenvalue weighted by molar-refractivity contribution is 5.29. The molecule has 0 bridgehead atoms. The Bertz CT molecular complexity index is 403. The number of piperazine rings is 1. The molecule has 4 heteroatoms. The summed E-state index contributed by atoms with van der Waals surface area (Å²) >= 11 is 0. The van der Waals surface area contributed by atoms with Crippen molar-refractivity contribution in [3.63, 3.8) is 0 Å². The number of benzene rings is 1. The fourth-order valence-electron chi connectivity index (χ4n) is 2.46. The van der Waals surface area contributed by atoms with E-state index >= 15 is 0 Å². The summed E-state index contributed by atoms with van der Waals surface area (Å²) in [6.45, 7) is 5.67. The molecule has 1 aliphatic heterocycles. The number of hydrogen-bond donors (Lipinski definition) is 0. The van der Waals surface area contributed by atoms with Gasteiger partial charge < -0.3 is 14.5 Å². The van der Waals surface area contributed by atoms with Gasteiger partial charge in [0.05, 0.1) is 7.11 Å². The van der Waals surface area contributed by atoms with Gasteiger partial charge in [-0.2, -0.15) is 0 Å². The second-order valence-electron chi connectivity index (χ2n) is 5.25. The van der Waals surface area contributed by atoms with Crippen LogP contribution in [0.3, 0.4) is 0 Å². The van der Waals surface area contributed by atoms with E-state index in [9.17, 15) is 4.39 Å². The summed E-state index contributed by atoms with van der Waals surface area (Å²) in [4.78, 5) is 4.84. The van der Waals surface area contributed by atoms with Crippen LogP contribution in [0.25, 0.3) is 0 Å². The van der Waals surface area contributed by atoms with Crippen molar-refractivity contribution in [2.45, 2.75) is 12.8 Å². The Hall–Kier alpha value is -1.13. The number of methoxy groups -OCH3 is 1. The maximum atomic E-state index is 13.3. The molecule has 3 nitrogen and oxygen atoms in total. The largest absolute Gasteiger partial charge is 0.497 e. The Morgan fingerprint density at radius 3 is 2.58 bits per heavy atom. The van der Waals surface area contributed by atoms with Crippen molar-refractivity contribution in [1.29, 1.82) is 0 Å². The monoisotopic (exact) mass is 266 g/mol. The van der Waals surface area contributed by atoms with E-state index < -0.39 is 0 Å². The predicted molar refractivity (Wildman–Crippen MR) is 75.2 cm³/mol. The fraction of sp³-hybridized carbons (Fsp3) is 0.600. The molecule has 0 N–H and O–H groups in total. The zero-order valence-corrected chi connectivity index (χ0v) is 11.9. The number of ether oxygens (including phenoxy) is 1. The molecule has 0 spiro atoms. The smallest absolute Gasteiger partial charge is 0.127 e. The lowest BCUT2D eigenvalue weighted by atomic mass is 10.1. The van der Waals surface area contributed by atoms with Crippen LogP contribution in [0.4, 0.5) is 4.39 Å². The van der Waals surface area contributed by atoms with Crippen molar-refractivity contribution >= 4 is 0 Å². The van der Waals surface area contributed by atoms with Gasteiger partial charge >= 0.3 is 0 Å². The lowest BCUT2D eigenvalue weighted by Gasteiger charge is -2.32. The molecule has 106 valence electrons. The second-order valence-corrected chi connectivity index (χ2v) is 5.25. The van der Waals surface area contributed by atoms with Gasteiger partial charge in [0, 0.05) is 32.2 Å². The average Bonchev–Trinajstić information content (AvgIpc) is 2.40. The summed E-state index contributed by atoms with van der Waals surface area (Å²) in [6, 6.07) is 4.95. The number of halogens is 1. The van der Waals surface area contributed by atoms with Crippen molar-refractivity contribution in [2.24, 2.45) is 0 Å². The first kappa shape index (κ1) is 14.3. The fourth-order valence-corrected chi connectivity index (χ4v) is 2.46. The number of nitrogens with zero attached hydrogens (tertiary/aromatic N) is 2. The van der Waals surface area contributed by atoms with E-state index in [-0.39, 0.29) is 5.82 Å². The number of hydrogen-bond acceptors (Lipinski definition) is 3. The van der Waals surface area contributed by atoms with Crippen LogP contribution in [0, 0.1) is 5.82 Å². The molecule has 1 aromatic rings. The molecule has 1 heterocycles. The maximum absolute atomic E-state index is 13.3. The van der Waals surface area contributed by atoms with Crippen LogP contribution in [0.15, 0.2) is 18.2 Å². The highest BCUT2D eigenvalue weighted by atomic mass is 19.1. The van der Waals surface area contributed by atoms with Crippen molar-refractivity contribution in [1.82, 2.24) is 9.80 Å². The summed E-state index contributed by atoms with van der Waals surface area (Å²) in [7, 11) is 3.74. The van der Waals surface area contributed by atoms with Crippen molar-refractivity contribution < 1.29 is 9.13 Å². The third kappa shape index (κ3) is 4.48. The van der Waals surface area contributed by atoms with Crippen LogP contribution in [0.2, 0.25) is 0 Å². The Morgan fingerprint density at radius 2 is 1.89 bits per heavy atom. The molecule has 1 fully saturated rings. The SMILES string of the molecule is COc1cc(F)cc(CCCN2CCN(C)CC2)c1. The minimum atomic E-state index is -0.214. The van der Waals surface area contributed by atoms with E-state index in [2.05, 4.69) is 16.8 Å². The van der Waals surface area contributed by atoms with E-state index in [1.807, 2.05) is 6.07 Å². The first-order chi connectivity index (χ1) is 9.17. The van der Waals surface area contributed by atoms with Gasteiger partial charge in [-0.3, -0.25) is 0 Å². The quantitative estimate of drug-likeness (QED) is 0.811. The number of rotatable bonds is 5. The second kappa shape index (κ2) is 6.87. The van der Waals surface area contributed by atoms with Crippen LogP contribution >= 0.6 is 0 Å². The number of aryl methyl sites for hydroxylation is 1. The molecule has 1 saturated heterocycles. The van der Waals surface area contributed by atoms with E-state index in [0.29, 0.717) is 5.75 Å². The van der Waals surface area contributed by atoms with Crippen LogP contribution in [-0.4, -0.2) is 56.7 Å². The van der Waals surface area contributed by atoms with Crippen LogP contribution in [0.1, 0.15) is 12.0 Å². The summed E-state index contributed by atoms with van der Waals surface area (Å²) in [5.74, 6) is 0.392. The van der Waals surface area contributed by atoms with Gasteiger partial charge in [-0.05, 0) is 44.1 Å². The lowest BCUT2D eigenvalue weighted by Crippen LogP contribution is -2.44. The standard InChI is InChI=1S/C15H23FN2O/c1-17-6-8-18(9-7-17)5-3-4-13-10-14(16)12-15(11-13)19-2/h10-12H,3-9H2,1-2H3. The minimum Gasteiger partial charge on any atom is -0.497 e. The molecule has 0 saturated carbocycles. The normalized spacial score (nSPS) is 17.6. The third-order valence-corrected chi connectivity index (χ3v) is 3.70. The van der Waals surface area contributed by atoms with E-state index in [0.717, 1.165) is 51.1 Å². The van der Waals surface area contributed by atoms with Gasteiger partial charge in [0.2, 0.25) is 0 Å². The maximum Gasteiger partial charge on any atom is 0.127 e. The van der Waals surface area contributed by atoms with Crippen molar-refractivity contribution in [2.75, 3.05) is 46.9 Å². The molecule has 19 heavy (non-hydrogen) atoms. The summed E-state index contributed by atoms with van der Waals surface area (Å²) < 4.78 is 18.4. The van der Waals surface area contributed by atoms with Crippen molar-refractivity contribution in [3.8, 4) is 5.75 Å². The van der Waals surface area contributed by atoms with Gasteiger partial charge in [0.25, 0.3) is 0 Å². The highest BCUT2D eigenvalue weighted by Crippen LogP contribution is 2.17. The average molecular weight is 266 g/mol. The van der Waals surface area contributed by atoms with E-state index in [4.69, 9.17) is 4.74 Å². The number of likely N-dealkylation sites (N-methyl/N-ethyl adjacent to an activating group) is 1. The Balaban J connectivity index is 1.77. The predicted octanol–water partition coefficient (Wildman–Crippen LogP) is 2.01. The molecule has 0 amide bonds. The Kier molecular flexibility index (Phi) is 5.16. The van der Waals surface area contributed by atoms with Gasteiger partial charge in [-0.15, -0.1) is 0 Å². The molecule has 2 rings (SSSR count). The molecule has 1 aliphatic rings.